The number of sulfonamides is 1. The van der Waals surface area contributed by atoms with Crippen LogP contribution in [-0.4, -0.2) is 50.5 Å². The standard InChI is InChI=1S/C22H27ClFN3O4S/c1-5-25-22(29)16(3)26(13-17-8-6-7-9-19(17)24)21(28)14-27(32(4,30)31)20-12-18(23)11-10-15(20)2/h6-12,16H,5,13-14H2,1-4H3,(H,25,29)/t16-/m0/s1. The van der Waals surface area contributed by atoms with E-state index < -0.39 is 40.2 Å². The van der Waals surface area contributed by atoms with Gasteiger partial charge in [0.2, 0.25) is 21.8 Å². The van der Waals surface area contributed by atoms with Crippen LogP contribution in [0, 0.1) is 12.7 Å². The molecule has 2 rings (SSSR count). The van der Waals surface area contributed by atoms with Crippen molar-refractivity contribution in [2.24, 2.45) is 0 Å². The second-order valence-corrected chi connectivity index (χ2v) is 9.73. The molecular formula is C22H27ClFN3O4S. The van der Waals surface area contributed by atoms with E-state index in [0.717, 1.165) is 10.6 Å². The molecule has 7 nitrogen and oxygen atoms in total. The molecule has 32 heavy (non-hydrogen) atoms. The Morgan fingerprint density at radius 2 is 1.84 bits per heavy atom. The van der Waals surface area contributed by atoms with Crippen molar-refractivity contribution in [1.29, 1.82) is 0 Å². The van der Waals surface area contributed by atoms with E-state index >= 15 is 0 Å². The van der Waals surface area contributed by atoms with Gasteiger partial charge in [-0.15, -0.1) is 0 Å². The summed E-state index contributed by atoms with van der Waals surface area (Å²) in [6, 6.07) is 9.67. The van der Waals surface area contributed by atoms with E-state index in [1.165, 1.54) is 36.1 Å². The summed E-state index contributed by atoms with van der Waals surface area (Å²) in [6.07, 6.45) is 0.981. The van der Waals surface area contributed by atoms with Gasteiger partial charge in [-0.3, -0.25) is 13.9 Å². The summed E-state index contributed by atoms with van der Waals surface area (Å²) in [5, 5.41) is 2.95. The van der Waals surface area contributed by atoms with Crippen molar-refractivity contribution in [2.75, 3.05) is 23.7 Å². The third-order valence-corrected chi connectivity index (χ3v) is 6.30. The molecule has 0 fully saturated rings. The SMILES string of the molecule is CCNC(=O)[C@H](C)N(Cc1ccccc1F)C(=O)CN(c1cc(Cl)ccc1C)S(C)(=O)=O. The number of halogens is 2. The van der Waals surface area contributed by atoms with E-state index in [1.54, 1.807) is 32.0 Å². The molecule has 0 saturated carbocycles. The average molecular weight is 484 g/mol. The predicted octanol–water partition coefficient (Wildman–Crippen LogP) is 3.11. The van der Waals surface area contributed by atoms with Crippen LogP contribution in [0.5, 0.6) is 0 Å². The highest BCUT2D eigenvalue weighted by molar-refractivity contribution is 7.92. The Kier molecular flexibility index (Phi) is 8.63. The number of carbonyl (C=O) groups excluding carboxylic acids is 2. The van der Waals surface area contributed by atoms with Gasteiger partial charge in [0.15, 0.2) is 0 Å². The van der Waals surface area contributed by atoms with Crippen molar-refractivity contribution < 1.29 is 22.4 Å². The molecule has 0 aliphatic heterocycles. The quantitative estimate of drug-likeness (QED) is 0.593. The molecule has 174 valence electrons. The Morgan fingerprint density at radius 1 is 1.19 bits per heavy atom. The number of hydrogen-bond donors (Lipinski definition) is 1. The fourth-order valence-corrected chi connectivity index (χ4v) is 4.23. The predicted molar refractivity (Wildman–Crippen MR) is 123 cm³/mol. The zero-order chi connectivity index (χ0) is 24.1. The average Bonchev–Trinajstić information content (AvgIpc) is 2.72. The van der Waals surface area contributed by atoms with E-state index in [4.69, 9.17) is 11.6 Å². The molecule has 0 unspecified atom stereocenters. The fraction of sp³-hybridized carbons (Fsp3) is 0.364. The van der Waals surface area contributed by atoms with Gasteiger partial charge in [-0.25, -0.2) is 12.8 Å². The van der Waals surface area contributed by atoms with Gasteiger partial charge in [-0.2, -0.15) is 0 Å². The lowest BCUT2D eigenvalue weighted by molar-refractivity contribution is -0.139. The van der Waals surface area contributed by atoms with Crippen molar-refractivity contribution in [3.8, 4) is 0 Å². The monoisotopic (exact) mass is 483 g/mol. The molecule has 0 radical (unpaired) electrons. The number of likely N-dealkylation sites (N-methyl/N-ethyl adjacent to an activating group) is 1. The smallest absolute Gasteiger partial charge is 0.244 e. The number of nitrogens with zero attached hydrogens (tertiary/aromatic N) is 2. The van der Waals surface area contributed by atoms with E-state index in [-0.39, 0.29) is 17.8 Å². The molecular weight excluding hydrogens is 457 g/mol. The Bertz CT molecular complexity index is 1090. The van der Waals surface area contributed by atoms with Crippen LogP contribution in [0.25, 0.3) is 0 Å². The third kappa shape index (κ3) is 6.43. The lowest BCUT2D eigenvalue weighted by atomic mass is 10.1. The Hall–Kier alpha value is -2.65. The summed E-state index contributed by atoms with van der Waals surface area (Å²) in [5.41, 5.74) is 1.07. The van der Waals surface area contributed by atoms with E-state index in [9.17, 15) is 22.4 Å². The van der Waals surface area contributed by atoms with Crippen molar-refractivity contribution >= 4 is 39.1 Å². The molecule has 0 aliphatic carbocycles. The van der Waals surface area contributed by atoms with E-state index in [0.29, 0.717) is 17.1 Å². The molecule has 0 aliphatic rings. The molecule has 0 spiro atoms. The topological polar surface area (TPSA) is 86.8 Å². The molecule has 2 aromatic carbocycles. The number of benzene rings is 2. The molecule has 1 atom stereocenters. The van der Waals surface area contributed by atoms with Gasteiger partial charge in [-0.05, 0) is 44.5 Å². The minimum atomic E-state index is -3.87. The minimum Gasteiger partial charge on any atom is -0.355 e. The van der Waals surface area contributed by atoms with Gasteiger partial charge in [0.25, 0.3) is 0 Å². The molecule has 0 bridgehead atoms. The maximum Gasteiger partial charge on any atom is 0.244 e. The fourth-order valence-electron chi connectivity index (χ4n) is 3.16. The van der Waals surface area contributed by atoms with Crippen molar-refractivity contribution in [3.63, 3.8) is 0 Å². The lowest BCUT2D eigenvalue weighted by Crippen LogP contribution is -2.51. The second-order valence-electron chi connectivity index (χ2n) is 7.38. The molecule has 1 N–H and O–H groups in total. The summed E-state index contributed by atoms with van der Waals surface area (Å²) >= 11 is 6.05. The minimum absolute atomic E-state index is 0.198. The summed E-state index contributed by atoms with van der Waals surface area (Å²) in [4.78, 5) is 27.0. The molecule has 0 saturated heterocycles. The lowest BCUT2D eigenvalue weighted by Gasteiger charge is -2.32. The largest absolute Gasteiger partial charge is 0.355 e. The number of amides is 2. The maximum atomic E-state index is 14.3. The number of rotatable bonds is 9. The first-order valence-electron chi connectivity index (χ1n) is 10.00. The van der Waals surface area contributed by atoms with Crippen LogP contribution < -0.4 is 9.62 Å². The van der Waals surface area contributed by atoms with Gasteiger partial charge < -0.3 is 10.2 Å². The first kappa shape index (κ1) is 25.6. The summed E-state index contributed by atoms with van der Waals surface area (Å²) in [5.74, 6) is -1.61. The summed E-state index contributed by atoms with van der Waals surface area (Å²) < 4.78 is 40.3. The molecule has 10 heteroatoms. The molecule has 0 aromatic heterocycles. The molecule has 2 aromatic rings. The van der Waals surface area contributed by atoms with Crippen LogP contribution in [0.3, 0.4) is 0 Å². The Labute approximate surface area is 193 Å². The number of anilines is 1. The zero-order valence-corrected chi connectivity index (χ0v) is 20.0. The number of nitrogens with one attached hydrogen (secondary N) is 1. The van der Waals surface area contributed by atoms with Crippen LogP contribution >= 0.6 is 11.6 Å². The number of hydrogen-bond acceptors (Lipinski definition) is 4. The number of carbonyl (C=O) groups is 2. The van der Waals surface area contributed by atoms with Gasteiger partial charge in [-0.1, -0.05) is 35.9 Å². The number of aryl methyl sites for hydroxylation is 1. The third-order valence-electron chi connectivity index (χ3n) is 4.94. The van der Waals surface area contributed by atoms with Crippen molar-refractivity contribution in [1.82, 2.24) is 10.2 Å². The van der Waals surface area contributed by atoms with Crippen molar-refractivity contribution in [2.45, 2.75) is 33.4 Å². The Balaban J connectivity index is 2.45. The second kappa shape index (κ2) is 10.8. The van der Waals surface area contributed by atoms with E-state index in [2.05, 4.69) is 5.32 Å². The van der Waals surface area contributed by atoms with Crippen LogP contribution in [0.4, 0.5) is 10.1 Å². The highest BCUT2D eigenvalue weighted by Crippen LogP contribution is 2.26. The summed E-state index contributed by atoms with van der Waals surface area (Å²) in [6.45, 7) is 4.53. The van der Waals surface area contributed by atoms with Crippen LogP contribution in [-0.2, 0) is 26.2 Å². The molecule has 2 amide bonds. The van der Waals surface area contributed by atoms with Gasteiger partial charge in [0.05, 0.1) is 11.9 Å². The molecule has 0 heterocycles. The van der Waals surface area contributed by atoms with E-state index in [1.807, 2.05) is 0 Å². The van der Waals surface area contributed by atoms with Crippen LogP contribution in [0.2, 0.25) is 5.02 Å². The highest BCUT2D eigenvalue weighted by atomic mass is 35.5. The zero-order valence-electron chi connectivity index (χ0n) is 18.4. The highest BCUT2D eigenvalue weighted by Gasteiger charge is 2.30. The summed E-state index contributed by atoms with van der Waals surface area (Å²) in [7, 11) is -3.87. The van der Waals surface area contributed by atoms with Gasteiger partial charge in [0, 0.05) is 23.7 Å². The van der Waals surface area contributed by atoms with Crippen LogP contribution in [0.15, 0.2) is 42.5 Å². The Morgan fingerprint density at radius 3 is 2.44 bits per heavy atom. The maximum absolute atomic E-state index is 14.3. The normalized spacial score (nSPS) is 12.2. The first-order valence-corrected chi connectivity index (χ1v) is 12.2. The van der Waals surface area contributed by atoms with Crippen LogP contribution in [0.1, 0.15) is 25.0 Å². The van der Waals surface area contributed by atoms with Gasteiger partial charge in [0.1, 0.15) is 18.4 Å². The van der Waals surface area contributed by atoms with Gasteiger partial charge >= 0.3 is 0 Å². The first-order chi connectivity index (χ1) is 15.0. The van der Waals surface area contributed by atoms with Crippen molar-refractivity contribution in [3.05, 3.63) is 64.4 Å².